The summed E-state index contributed by atoms with van der Waals surface area (Å²) >= 11 is 5.68. The van der Waals surface area contributed by atoms with Gasteiger partial charge in [-0.15, -0.1) is 0 Å². The second-order valence-electron chi connectivity index (χ2n) is 6.58. The summed E-state index contributed by atoms with van der Waals surface area (Å²) in [6.07, 6.45) is 1.36. The number of hydrogen-bond acceptors (Lipinski definition) is 5. The van der Waals surface area contributed by atoms with E-state index in [1.165, 1.54) is 24.4 Å². The van der Waals surface area contributed by atoms with E-state index in [0.717, 1.165) is 35.2 Å². The van der Waals surface area contributed by atoms with Gasteiger partial charge in [0.15, 0.2) is 0 Å². The molecule has 0 aliphatic carbocycles. The Morgan fingerprint density at radius 3 is 2.52 bits per heavy atom. The summed E-state index contributed by atoms with van der Waals surface area (Å²) in [4.78, 5) is 29.4. The lowest BCUT2D eigenvalue weighted by Crippen LogP contribution is -2.30. The highest BCUT2D eigenvalue weighted by molar-refractivity contribution is 7.92. The van der Waals surface area contributed by atoms with Crippen LogP contribution in [0.1, 0.15) is 26.4 Å². The third-order valence-electron chi connectivity index (χ3n) is 4.55. The number of pyridine rings is 1. The number of sulfonamides is 1. The molecule has 1 aliphatic heterocycles. The summed E-state index contributed by atoms with van der Waals surface area (Å²) in [6, 6.07) is 9.05. The van der Waals surface area contributed by atoms with Gasteiger partial charge in [-0.2, -0.15) is 0 Å². The number of aromatic nitrogens is 1. The lowest BCUT2D eigenvalue weighted by Gasteiger charge is -2.17. The van der Waals surface area contributed by atoms with Gasteiger partial charge in [0.1, 0.15) is 17.3 Å². The van der Waals surface area contributed by atoms with Crippen LogP contribution in [0.5, 0.6) is 0 Å². The number of imide groups is 1. The van der Waals surface area contributed by atoms with Gasteiger partial charge in [-0.25, -0.2) is 17.2 Å². The van der Waals surface area contributed by atoms with Gasteiger partial charge in [0, 0.05) is 6.20 Å². The van der Waals surface area contributed by atoms with Crippen LogP contribution >= 0.6 is 11.6 Å². The summed E-state index contributed by atoms with van der Waals surface area (Å²) in [5.41, 5.74) is -0.000600. The minimum Gasteiger partial charge on any atom is -0.280 e. The van der Waals surface area contributed by atoms with Crippen molar-refractivity contribution in [1.29, 1.82) is 0 Å². The first kappa shape index (κ1) is 20.9. The van der Waals surface area contributed by atoms with E-state index in [4.69, 9.17) is 11.6 Å². The topological polar surface area (TPSA) is 96.4 Å². The lowest BCUT2D eigenvalue weighted by molar-refractivity contribution is 0.0639. The van der Waals surface area contributed by atoms with Gasteiger partial charge in [-0.3, -0.25) is 24.2 Å². The molecule has 2 heterocycles. The fourth-order valence-corrected chi connectivity index (χ4v) is 4.58. The minimum atomic E-state index is -4.38. The Bertz CT molecular complexity index is 1310. The number of benzene rings is 2. The minimum absolute atomic E-state index is 0.00313. The van der Waals surface area contributed by atoms with E-state index < -0.39 is 44.9 Å². The Hall–Kier alpha value is -3.37. The van der Waals surface area contributed by atoms with E-state index in [1.807, 2.05) is 0 Å². The van der Waals surface area contributed by atoms with Crippen LogP contribution in [-0.4, -0.2) is 30.1 Å². The molecule has 3 aromatic rings. The quantitative estimate of drug-likeness (QED) is 0.583. The smallest absolute Gasteiger partial charge is 0.280 e. The van der Waals surface area contributed by atoms with Gasteiger partial charge in [0.05, 0.1) is 27.7 Å². The summed E-state index contributed by atoms with van der Waals surface area (Å²) < 4.78 is 55.3. The van der Waals surface area contributed by atoms with Crippen LogP contribution in [0.15, 0.2) is 59.6 Å². The van der Waals surface area contributed by atoms with Crippen LogP contribution in [0.3, 0.4) is 0 Å². The molecule has 11 heteroatoms. The highest BCUT2D eigenvalue weighted by Gasteiger charge is 2.37. The molecule has 4 rings (SSSR count). The molecule has 158 valence electrons. The summed E-state index contributed by atoms with van der Waals surface area (Å²) in [7, 11) is -4.38. The zero-order valence-corrected chi connectivity index (χ0v) is 17.0. The number of carbonyl (C=O) groups excluding carboxylic acids is 2. The van der Waals surface area contributed by atoms with Crippen LogP contribution in [0.4, 0.5) is 14.5 Å². The first-order chi connectivity index (χ1) is 14.7. The van der Waals surface area contributed by atoms with Crippen LogP contribution < -0.4 is 4.72 Å². The van der Waals surface area contributed by atoms with Gasteiger partial charge in [-0.1, -0.05) is 17.7 Å². The molecule has 0 spiro atoms. The number of nitrogens with one attached hydrogen (secondary N) is 1. The Balaban J connectivity index is 1.69. The van der Waals surface area contributed by atoms with Crippen molar-refractivity contribution in [3.05, 3.63) is 88.2 Å². The van der Waals surface area contributed by atoms with Crippen molar-refractivity contribution in [2.75, 3.05) is 4.72 Å². The second kappa shape index (κ2) is 7.71. The molecule has 0 atom stereocenters. The van der Waals surface area contributed by atoms with Gasteiger partial charge < -0.3 is 0 Å². The summed E-state index contributed by atoms with van der Waals surface area (Å²) in [6.45, 7) is -0.422. The number of hydrogen-bond donors (Lipinski definition) is 1. The first-order valence-electron chi connectivity index (χ1n) is 8.75. The number of fused-ring (bicyclic) bond motifs is 1. The predicted molar refractivity (Wildman–Crippen MR) is 107 cm³/mol. The van der Waals surface area contributed by atoms with Gasteiger partial charge in [0.25, 0.3) is 21.8 Å². The van der Waals surface area contributed by atoms with E-state index in [-0.39, 0.29) is 27.5 Å². The van der Waals surface area contributed by atoms with Crippen molar-refractivity contribution in [2.45, 2.75) is 11.4 Å². The fourth-order valence-electron chi connectivity index (χ4n) is 3.11. The fraction of sp³-hybridized carbons (Fsp3) is 0.0500. The Kier molecular flexibility index (Phi) is 5.19. The third-order valence-corrected chi connectivity index (χ3v) is 6.30. The zero-order chi connectivity index (χ0) is 22.3. The zero-order valence-electron chi connectivity index (χ0n) is 15.5. The molecule has 0 radical (unpaired) electrons. The molecule has 0 bridgehead atoms. The monoisotopic (exact) mass is 463 g/mol. The second-order valence-corrected chi connectivity index (χ2v) is 8.64. The number of nitrogens with zero attached hydrogens (tertiary/aromatic N) is 2. The first-order valence-corrected chi connectivity index (χ1v) is 10.6. The normalized spacial score (nSPS) is 13.5. The molecule has 1 N–H and O–H groups in total. The molecule has 1 aliphatic rings. The van der Waals surface area contributed by atoms with Crippen molar-refractivity contribution in [1.82, 2.24) is 9.88 Å². The van der Waals surface area contributed by atoms with E-state index in [0.29, 0.717) is 0 Å². The number of halogens is 3. The highest BCUT2D eigenvalue weighted by atomic mass is 35.5. The van der Waals surface area contributed by atoms with Crippen molar-refractivity contribution < 1.29 is 26.8 Å². The molecule has 2 amide bonds. The van der Waals surface area contributed by atoms with Crippen LogP contribution in [0.25, 0.3) is 0 Å². The van der Waals surface area contributed by atoms with Gasteiger partial charge >= 0.3 is 0 Å². The number of anilines is 1. The Labute approximate surface area is 180 Å². The van der Waals surface area contributed by atoms with Crippen LogP contribution in [0.2, 0.25) is 5.02 Å². The molecule has 1 aromatic heterocycles. The maximum Gasteiger partial charge on any atom is 0.280 e. The van der Waals surface area contributed by atoms with Gasteiger partial charge in [0.2, 0.25) is 0 Å². The average Bonchev–Trinajstić information content (AvgIpc) is 2.97. The van der Waals surface area contributed by atoms with Crippen LogP contribution in [0, 0.1) is 11.6 Å². The maximum atomic E-state index is 13.9. The van der Waals surface area contributed by atoms with Gasteiger partial charge in [-0.05, 0) is 48.0 Å². The molecule has 2 aromatic carbocycles. The molecule has 0 saturated heterocycles. The third kappa shape index (κ3) is 3.87. The molecule has 0 fully saturated rings. The average molecular weight is 464 g/mol. The summed E-state index contributed by atoms with van der Waals surface area (Å²) in [5.74, 6) is -2.91. The molecule has 31 heavy (non-hydrogen) atoms. The molecular weight excluding hydrogens is 452 g/mol. The standard InChI is InChI=1S/C20H12ClF2N3O4S/c21-15-9-13(5-6-16(15)23)25-31(29,30)17-8-12(22)4-3-11(17)10-26-19(27)14-2-1-7-24-18(14)20(26)28/h1-9,25H,10H2. The largest absolute Gasteiger partial charge is 0.280 e. The van der Waals surface area contributed by atoms with E-state index in [2.05, 4.69) is 9.71 Å². The Morgan fingerprint density at radius 2 is 1.81 bits per heavy atom. The van der Waals surface area contributed by atoms with E-state index in [1.54, 1.807) is 0 Å². The van der Waals surface area contributed by atoms with Crippen LogP contribution in [-0.2, 0) is 16.6 Å². The molecule has 0 unspecified atom stereocenters. The van der Waals surface area contributed by atoms with Crippen molar-refractivity contribution in [2.24, 2.45) is 0 Å². The van der Waals surface area contributed by atoms with Crippen molar-refractivity contribution in [3.63, 3.8) is 0 Å². The number of carbonyl (C=O) groups is 2. The molecule has 7 nitrogen and oxygen atoms in total. The Morgan fingerprint density at radius 1 is 1.03 bits per heavy atom. The number of rotatable bonds is 5. The maximum absolute atomic E-state index is 13.9. The molecule has 0 saturated carbocycles. The summed E-state index contributed by atoms with van der Waals surface area (Å²) in [5, 5.41) is -0.307. The van der Waals surface area contributed by atoms with Crippen molar-refractivity contribution >= 4 is 39.1 Å². The SMILES string of the molecule is O=C1c2cccnc2C(=O)N1Cc1ccc(F)cc1S(=O)(=O)Nc1ccc(F)c(Cl)c1. The molecular formula is C20H12ClF2N3O4S. The van der Waals surface area contributed by atoms with E-state index in [9.17, 15) is 26.8 Å². The van der Waals surface area contributed by atoms with E-state index >= 15 is 0 Å². The van der Waals surface area contributed by atoms with Crippen molar-refractivity contribution in [3.8, 4) is 0 Å². The lowest BCUT2D eigenvalue weighted by atomic mass is 10.2. The highest BCUT2D eigenvalue weighted by Crippen LogP contribution is 2.28. The predicted octanol–water partition coefficient (Wildman–Crippen LogP) is 3.61. The number of amides is 2.